The van der Waals surface area contributed by atoms with E-state index in [0.717, 1.165) is 0 Å². The average Bonchev–Trinajstić information content (AvgIpc) is 2.76. The van der Waals surface area contributed by atoms with E-state index in [9.17, 15) is 24.3 Å². The number of carbonyl (C=O) groups excluding carboxylic acids is 3. The van der Waals surface area contributed by atoms with E-state index in [1.54, 1.807) is 26.8 Å². The van der Waals surface area contributed by atoms with Crippen molar-refractivity contribution in [3.63, 3.8) is 0 Å². The Morgan fingerprint density at radius 1 is 0.919 bits per heavy atom. The Hall–Kier alpha value is -2.94. The molecule has 0 aromatic heterocycles. The van der Waals surface area contributed by atoms with E-state index in [1.807, 2.05) is 34.6 Å². The van der Waals surface area contributed by atoms with E-state index in [4.69, 9.17) is 19.9 Å². The van der Waals surface area contributed by atoms with Gasteiger partial charge >= 0.3 is 23.9 Å². The average molecular weight is 522 g/mol. The summed E-state index contributed by atoms with van der Waals surface area (Å²) in [7, 11) is 0. The summed E-state index contributed by atoms with van der Waals surface area (Å²) in [6, 6.07) is 3.18. The molecule has 3 atom stereocenters. The molecule has 1 aromatic carbocycles. The van der Waals surface area contributed by atoms with Gasteiger partial charge in [-0.1, -0.05) is 40.7 Å². The highest BCUT2D eigenvalue weighted by molar-refractivity contribution is 5.78. The van der Waals surface area contributed by atoms with Crippen LogP contribution in [0.1, 0.15) is 92.6 Å². The number of hydrogen-bond acceptors (Lipinski definition) is 8. The van der Waals surface area contributed by atoms with Gasteiger partial charge in [0.05, 0.1) is 11.5 Å². The van der Waals surface area contributed by atoms with Crippen molar-refractivity contribution >= 4 is 23.9 Å². The molecule has 1 aromatic rings. The molecular weight excluding hydrogens is 478 g/mol. The monoisotopic (exact) mass is 521 g/mol. The summed E-state index contributed by atoms with van der Waals surface area (Å²) in [5.74, 6) is -3.24. The summed E-state index contributed by atoms with van der Waals surface area (Å²) in [5.41, 5.74) is 5.81. The minimum Gasteiger partial charge on any atom is -0.480 e. The number of carbonyl (C=O) groups is 4. The first-order valence-electron chi connectivity index (χ1n) is 12.8. The van der Waals surface area contributed by atoms with Crippen LogP contribution >= 0.6 is 0 Å². The van der Waals surface area contributed by atoms with E-state index in [0.29, 0.717) is 12.0 Å². The number of carboxylic acid groups (broad SMARTS) is 1. The third kappa shape index (κ3) is 10.5. The minimum atomic E-state index is -1.33. The normalized spacial score (nSPS) is 14.1. The lowest BCUT2D eigenvalue weighted by molar-refractivity contribution is -0.159. The molecule has 0 saturated carbocycles. The van der Waals surface area contributed by atoms with Gasteiger partial charge in [-0.25, -0.2) is 0 Å². The zero-order valence-electron chi connectivity index (χ0n) is 23.3. The lowest BCUT2D eigenvalue weighted by atomic mass is 9.86. The number of aliphatic carboxylic acids is 1. The second-order valence-electron chi connectivity index (χ2n) is 11.0. The lowest BCUT2D eigenvalue weighted by Gasteiger charge is -2.28. The molecule has 208 valence electrons. The molecule has 0 heterocycles. The second kappa shape index (κ2) is 14.1. The molecule has 0 spiro atoms. The summed E-state index contributed by atoms with van der Waals surface area (Å²) < 4.78 is 16.6. The summed E-state index contributed by atoms with van der Waals surface area (Å²) in [4.78, 5) is 49.1. The molecule has 3 N–H and O–H groups in total. The van der Waals surface area contributed by atoms with Gasteiger partial charge in [0.2, 0.25) is 0 Å². The van der Waals surface area contributed by atoms with Crippen molar-refractivity contribution in [1.82, 2.24) is 0 Å². The van der Waals surface area contributed by atoms with Crippen LogP contribution in [-0.2, 0) is 23.9 Å². The Kier molecular flexibility index (Phi) is 12.2. The molecule has 1 rings (SSSR count). The van der Waals surface area contributed by atoms with E-state index in [1.165, 1.54) is 12.1 Å². The van der Waals surface area contributed by atoms with Crippen LogP contribution in [-0.4, -0.2) is 41.1 Å². The standard InChI is InChI=1S/C28H43NO8/c1-9-28(7,8)27(34)35-18(6)14-20(25(29)26(32)33)19-10-11-21(36-23(30)12-16(2)3)22(15-19)37-24(31)13-17(4)5/h10-11,15-18,20,25H,9,12-14,29H2,1-8H3,(H,32,33)/t18?,20?,25-/m0/s1. The first-order chi connectivity index (χ1) is 17.1. The van der Waals surface area contributed by atoms with Crippen LogP contribution in [0.25, 0.3) is 0 Å². The van der Waals surface area contributed by atoms with Crippen molar-refractivity contribution in [2.45, 2.75) is 99.1 Å². The molecule has 0 aliphatic heterocycles. The number of rotatable bonds is 14. The molecule has 0 aliphatic carbocycles. The summed E-state index contributed by atoms with van der Waals surface area (Å²) in [6.07, 6.45) is 0.375. The maximum Gasteiger partial charge on any atom is 0.321 e. The summed E-state index contributed by atoms with van der Waals surface area (Å²) in [5, 5.41) is 9.66. The molecule has 2 unspecified atom stereocenters. The fraction of sp³-hybridized carbons (Fsp3) is 0.643. The molecule has 9 heteroatoms. The Morgan fingerprint density at radius 3 is 1.89 bits per heavy atom. The number of esters is 3. The fourth-order valence-electron chi connectivity index (χ4n) is 3.47. The second-order valence-corrected chi connectivity index (χ2v) is 11.0. The van der Waals surface area contributed by atoms with Gasteiger partial charge in [0, 0.05) is 18.8 Å². The van der Waals surface area contributed by atoms with Crippen LogP contribution in [0.5, 0.6) is 11.5 Å². The van der Waals surface area contributed by atoms with Crippen LogP contribution in [0.3, 0.4) is 0 Å². The molecule has 0 aliphatic rings. The van der Waals surface area contributed by atoms with Crippen molar-refractivity contribution in [1.29, 1.82) is 0 Å². The Bertz CT molecular complexity index is 954. The van der Waals surface area contributed by atoms with Crippen molar-refractivity contribution < 1.29 is 38.5 Å². The third-order valence-electron chi connectivity index (χ3n) is 6.04. The number of carboxylic acids is 1. The highest BCUT2D eigenvalue weighted by Crippen LogP contribution is 2.35. The van der Waals surface area contributed by atoms with Gasteiger partial charge in [0.1, 0.15) is 6.04 Å². The van der Waals surface area contributed by atoms with E-state index in [-0.39, 0.29) is 48.6 Å². The van der Waals surface area contributed by atoms with Crippen LogP contribution in [0.4, 0.5) is 0 Å². The molecule has 0 bridgehead atoms. The van der Waals surface area contributed by atoms with Gasteiger partial charge in [0.15, 0.2) is 11.5 Å². The van der Waals surface area contributed by atoms with Crippen molar-refractivity contribution in [2.24, 2.45) is 23.0 Å². The van der Waals surface area contributed by atoms with Gasteiger partial charge in [-0.2, -0.15) is 0 Å². The van der Waals surface area contributed by atoms with Gasteiger partial charge in [-0.15, -0.1) is 0 Å². The van der Waals surface area contributed by atoms with Gasteiger partial charge in [-0.05, 0) is 63.1 Å². The zero-order chi connectivity index (χ0) is 28.5. The van der Waals surface area contributed by atoms with E-state index in [2.05, 4.69) is 0 Å². The van der Waals surface area contributed by atoms with Crippen molar-refractivity contribution in [3.8, 4) is 11.5 Å². The van der Waals surface area contributed by atoms with Crippen LogP contribution in [0.2, 0.25) is 0 Å². The van der Waals surface area contributed by atoms with Gasteiger partial charge < -0.3 is 25.1 Å². The molecule has 9 nitrogen and oxygen atoms in total. The SMILES string of the molecule is CCC(C)(C)C(=O)OC(C)CC(c1ccc(OC(=O)CC(C)C)c(OC(=O)CC(C)C)c1)[C@H](N)C(=O)O. The first-order valence-corrected chi connectivity index (χ1v) is 12.8. The Balaban J connectivity index is 3.37. The minimum absolute atomic E-state index is 0.000362. The predicted octanol–water partition coefficient (Wildman–Crippen LogP) is 4.84. The van der Waals surface area contributed by atoms with Gasteiger partial charge in [0.25, 0.3) is 0 Å². The Morgan fingerprint density at radius 2 is 1.43 bits per heavy atom. The highest BCUT2D eigenvalue weighted by atomic mass is 16.6. The van der Waals surface area contributed by atoms with Gasteiger partial charge in [-0.3, -0.25) is 19.2 Å². The molecule has 0 radical (unpaired) electrons. The zero-order valence-corrected chi connectivity index (χ0v) is 23.3. The lowest BCUT2D eigenvalue weighted by Crippen LogP contribution is -2.39. The number of hydrogen-bond donors (Lipinski definition) is 2. The number of ether oxygens (including phenoxy) is 3. The highest BCUT2D eigenvalue weighted by Gasteiger charge is 2.33. The number of nitrogens with two attached hydrogens (primary N) is 1. The topological polar surface area (TPSA) is 142 Å². The number of benzene rings is 1. The third-order valence-corrected chi connectivity index (χ3v) is 6.04. The largest absolute Gasteiger partial charge is 0.480 e. The quantitative estimate of drug-likeness (QED) is 0.259. The molecule has 0 saturated heterocycles. The van der Waals surface area contributed by atoms with Crippen LogP contribution < -0.4 is 15.2 Å². The maximum absolute atomic E-state index is 12.5. The van der Waals surface area contributed by atoms with E-state index >= 15 is 0 Å². The maximum atomic E-state index is 12.5. The molecule has 37 heavy (non-hydrogen) atoms. The smallest absolute Gasteiger partial charge is 0.321 e. The molecule has 0 amide bonds. The van der Waals surface area contributed by atoms with Crippen molar-refractivity contribution in [2.75, 3.05) is 0 Å². The van der Waals surface area contributed by atoms with E-state index < -0.39 is 41.4 Å². The van der Waals surface area contributed by atoms with Crippen molar-refractivity contribution in [3.05, 3.63) is 23.8 Å². The summed E-state index contributed by atoms with van der Waals surface area (Å²) >= 11 is 0. The fourth-order valence-corrected chi connectivity index (χ4v) is 3.47. The van der Waals surface area contributed by atoms with Crippen LogP contribution in [0, 0.1) is 17.3 Å². The Labute approximate surface area is 220 Å². The predicted molar refractivity (Wildman–Crippen MR) is 139 cm³/mol. The van der Waals surface area contributed by atoms with Crippen LogP contribution in [0.15, 0.2) is 18.2 Å². The summed E-state index contributed by atoms with van der Waals surface area (Å²) in [6.45, 7) is 14.6. The first kappa shape index (κ1) is 32.1. The molecule has 0 fully saturated rings. The molecular formula is C28H43NO8.